The maximum Gasteiger partial charge on any atom is 0.257 e. The molecular weight excluding hydrogens is 304 g/mol. The lowest BCUT2D eigenvalue weighted by molar-refractivity contribution is -0.114. The molecule has 6 heteroatoms. The summed E-state index contributed by atoms with van der Waals surface area (Å²) in [4.78, 5) is 28.3. The first kappa shape index (κ1) is 14.7. The molecule has 24 heavy (non-hydrogen) atoms. The molecule has 0 spiro atoms. The Bertz CT molecular complexity index is 832. The topological polar surface area (TPSA) is 83.1 Å². The zero-order valence-electron chi connectivity index (χ0n) is 13.2. The van der Waals surface area contributed by atoms with Gasteiger partial charge in [-0.3, -0.25) is 9.59 Å². The van der Waals surface area contributed by atoms with Crippen molar-refractivity contribution in [2.75, 3.05) is 22.5 Å². The van der Waals surface area contributed by atoms with Crippen LogP contribution in [0.2, 0.25) is 0 Å². The Balaban J connectivity index is 1.59. The number of hydrogen-bond donors (Lipinski definition) is 3. The molecule has 2 aromatic rings. The van der Waals surface area contributed by atoms with Gasteiger partial charge in [-0.05, 0) is 48.9 Å². The summed E-state index contributed by atoms with van der Waals surface area (Å²) >= 11 is 0. The average molecular weight is 322 g/mol. The maximum absolute atomic E-state index is 12.6. The predicted octanol–water partition coefficient (Wildman–Crippen LogP) is 2.58. The highest BCUT2D eigenvalue weighted by molar-refractivity contribution is 6.07. The number of nitrogens with zero attached hydrogens (tertiary/aromatic N) is 1. The molecule has 3 N–H and O–H groups in total. The molecule has 1 aromatic carbocycles. The van der Waals surface area contributed by atoms with E-state index in [2.05, 4.69) is 27.0 Å². The van der Waals surface area contributed by atoms with Crippen LogP contribution in [-0.2, 0) is 17.6 Å². The van der Waals surface area contributed by atoms with Crippen LogP contribution in [0.4, 0.5) is 17.2 Å². The minimum atomic E-state index is -0.218. The van der Waals surface area contributed by atoms with Crippen LogP contribution in [0.25, 0.3) is 0 Å². The molecule has 2 aliphatic rings. The van der Waals surface area contributed by atoms with Gasteiger partial charge in [0.05, 0.1) is 17.8 Å². The van der Waals surface area contributed by atoms with E-state index in [0.29, 0.717) is 17.1 Å². The summed E-state index contributed by atoms with van der Waals surface area (Å²) in [5, 5.41) is 8.63. The van der Waals surface area contributed by atoms with E-state index in [9.17, 15) is 9.59 Å². The molecule has 0 saturated carbocycles. The van der Waals surface area contributed by atoms with Gasteiger partial charge in [-0.2, -0.15) is 0 Å². The number of carbonyl (C=O) groups is 2. The number of aromatic nitrogens is 1. The third-order valence-electron chi connectivity index (χ3n) is 4.48. The van der Waals surface area contributed by atoms with Gasteiger partial charge in [-0.25, -0.2) is 4.98 Å². The zero-order valence-corrected chi connectivity index (χ0v) is 13.2. The van der Waals surface area contributed by atoms with Gasteiger partial charge in [0.1, 0.15) is 5.82 Å². The van der Waals surface area contributed by atoms with Crippen molar-refractivity contribution in [2.45, 2.75) is 25.7 Å². The second-order valence-electron chi connectivity index (χ2n) is 6.13. The standard InChI is InChI=1S/C18H18N4O2/c23-16-10-20-17-15(21-16)8-12(9-19-17)18(24)22-14-7-3-5-11-4-1-2-6-13(11)14/h3,5,7-9H,1-2,4,6,10H2,(H,19,20)(H,21,23)(H,22,24). The van der Waals surface area contributed by atoms with Crippen LogP contribution in [0.15, 0.2) is 30.5 Å². The first-order valence-corrected chi connectivity index (χ1v) is 8.16. The Labute approximate surface area is 139 Å². The minimum Gasteiger partial charge on any atom is -0.359 e. The SMILES string of the molecule is O=C1CNc2ncc(C(=O)Nc3cccc4c3CCCC4)cc2N1. The number of hydrogen-bond acceptors (Lipinski definition) is 4. The van der Waals surface area contributed by atoms with E-state index in [4.69, 9.17) is 0 Å². The molecule has 122 valence electrons. The van der Waals surface area contributed by atoms with E-state index in [1.807, 2.05) is 12.1 Å². The molecule has 0 atom stereocenters. The van der Waals surface area contributed by atoms with Gasteiger partial charge in [0.2, 0.25) is 5.91 Å². The van der Waals surface area contributed by atoms with Gasteiger partial charge in [-0.1, -0.05) is 12.1 Å². The third-order valence-corrected chi connectivity index (χ3v) is 4.48. The number of amides is 2. The largest absolute Gasteiger partial charge is 0.359 e. The fraction of sp³-hybridized carbons (Fsp3) is 0.278. The van der Waals surface area contributed by atoms with Crippen LogP contribution in [-0.4, -0.2) is 23.3 Å². The van der Waals surface area contributed by atoms with E-state index in [1.54, 1.807) is 6.07 Å². The van der Waals surface area contributed by atoms with Crippen LogP contribution >= 0.6 is 0 Å². The highest BCUT2D eigenvalue weighted by Crippen LogP contribution is 2.29. The maximum atomic E-state index is 12.6. The Hall–Kier alpha value is -2.89. The molecule has 4 rings (SSSR count). The monoisotopic (exact) mass is 322 g/mol. The first-order valence-electron chi connectivity index (χ1n) is 8.16. The number of anilines is 3. The summed E-state index contributed by atoms with van der Waals surface area (Å²) in [6.45, 7) is 0.196. The van der Waals surface area contributed by atoms with E-state index >= 15 is 0 Å². The summed E-state index contributed by atoms with van der Waals surface area (Å²) in [5.74, 6) is 0.228. The second-order valence-corrected chi connectivity index (χ2v) is 6.13. The number of pyridine rings is 1. The Morgan fingerprint density at radius 1 is 1.21 bits per heavy atom. The van der Waals surface area contributed by atoms with E-state index < -0.39 is 0 Å². The minimum absolute atomic E-state index is 0.140. The first-order chi connectivity index (χ1) is 11.7. The molecule has 0 saturated heterocycles. The van der Waals surface area contributed by atoms with Crippen LogP contribution in [0.3, 0.4) is 0 Å². The van der Waals surface area contributed by atoms with E-state index in [1.165, 1.54) is 23.7 Å². The van der Waals surface area contributed by atoms with Gasteiger partial charge in [0, 0.05) is 11.9 Å². The molecular formula is C18H18N4O2. The lowest BCUT2D eigenvalue weighted by Crippen LogP contribution is -2.28. The molecule has 6 nitrogen and oxygen atoms in total. The molecule has 0 radical (unpaired) electrons. The predicted molar refractivity (Wildman–Crippen MR) is 92.4 cm³/mol. The number of carbonyl (C=O) groups excluding carboxylic acids is 2. The summed E-state index contributed by atoms with van der Waals surface area (Å²) in [6.07, 6.45) is 5.93. The van der Waals surface area contributed by atoms with Crippen LogP contribution in [0.1, 0.15) is 34.3 Å². The van der Waals surface area contributed by atoms with Crippen LogP contribution in [0.5, 0.6) is 0 Å². The zero-order chi connectivity index (χ0) is 16.5. The van der Waals surface area contributed by atoms with Crippen molar-refractivity contribution in [1.29, 1.82) is 0 Å². The van der Waals surface area contributed by atoms with Crippen LogP contribution < -0.4 is 16.0 Å². The quantitative estimate of drug-likeness (QED) is 0.793. The van der Waals surface area contributed by atoms with E-state index in [-0.39, 0.29) is 18.4 Å². The lowest BCUT2D eigenvalue weighted by Gasteiger charge is -2.20. The fourth-order valence-corrected chi connectivity index (χ4v) is 3.28. The van der Waals surface area contributed by atoms with Crippen molar-refractivity contribution in [3.05, 3.63) is 47.2 Å². The molecule has 0 unspecified atom stereocenters. The van der Waals surface area contributed by atoms with Crippen LogP contribution in [0, 0.1) is 0 Å². The summed E-state index contributed by atoms with van der Waals surface area (Å²) in [6, 6.07) is 7.70. The molecule has 1 aliphatic heterocycles. The van der Waals surface area contributed by atoms with Crippen molar-refractivity contribution >= 4 is 29.0 Å². The van der Waals surface area contributed by atoms with Crippen molar-refractivity contribution in [1.82, 2.24) is 4.98 Å². The molecule has 1 aliphatic carbocycles. The highest BCUT2D eigenvalue weighted by Gasteiger charge is 2.19. The van der Waals surface area contributed by atoms with Gasteiger partial charge in [-0.15, -0.1) is 0 Å². The Morgan fingerprint density at radius 3 is 3.00 bits per heavy atom. The normalized spacial score (nSPS) is 15.6. The Kier molecular flexibility index (Phi) is 3.65. The Morgan fingerprint density at radius 2 is 2.08 bits per heavy atom. The van der Waals surface area contributed by atoms with Gasteiger partial charge < -0.3 is 16.0 Å². The fourth-order valence-electron chi connectivity index (χ4n) is 3.28. The van der Waals surface area contributed by atoms with Crippen molar-refractivity contribution < 1.29 is 9.59 Å². The molecule has 2 heterocycles. The smallest absolute Gasteiger partial charge is 0.257 e. The highest BCUT2D eigenvalue weighted by atomic mass is 16.2. The molecule has 0 fully saturated rings. The van der Waals surface area contributed by atoms with E-state index in [0.717, 1.165) is 24.9 Å². The summed E-state index contributed by atoms with van der Waals surface area (Å²) < 4.78 is 0. The number of aryl methyl sites for hydroxylation is 1. The summed E-state index contributed by atoms with van der Waals surface area (Å²) in [5.41, 5.74) is 4.38. The number of benzene rings is 1. The number of nitrogens with one attached hydrogen (secondary N) is 3. The van der Waals surface area contributed by atoms with Crippen molar-refractivity contribution in [3.8, 4) is 0 Å². The summed E-state index contributed by atoms with van der Waals surface area (Å²) in [7, 11) is 0. The van der Waals surface area contributed by atoms with Gasteiger partial charge in [0.25, 0.3) is 5.91 Å². The number of fused-ring (bicyclic) bond motifs is 2. The average Bonchev–Trinajstić information content (AvgIpc) is 2.61. The molecule has 1 aromatic heterocycles. The second kappa shape index (κ2) is 5.96. The molecule has 2 amide bonds. The van der Waals surface area contributed by atoms with Crippen molar-refractivity contribution in [2.24, 2.45) is 0 Å². The van der Waals surface area contributed by atoms with Gasteiger partial charge >= 0.3 is 0 Å². The van der Waals surface area contributed by atoms with Crippen molar-refractivity contribution in [3.63, 3.8) is 0 Å². The number of rotatable bonds is 2. The molecule has 0 bridgehead atoms. The third kappa shape index (κ3) is 2.71. The van der Waals surface area contributed by atoms with Gasteiger partial charge in [0.15, 0.2) is 0 Å². The lowest BCUT2D eigenvalue weighted by atomic mass is 9.90.